The Morgan fingerprint density at radius 1 is 1.21 bits per heavy atom. The number of ether oxygens (including phenoxy) is 1. The third kappa shape index (κ3) is 5.12. The lowest BCUT2D eigenvalue weighted by molar-refractivity contribution is -0.385. The van der Waals surface area contributed by atoms with Crippen LogP contribution < -0.4 is 14.9 Å². The normalized spacial score (nSPS) is 14.6. The zero-order valence-corrected chi connectivity index (χ0v) is 15.8. The average molecular weight is 408 g/mol. The molecule has 0 unspecified atom stereocenters. The average Bonchev–Trinajstić information content (AvgIpc) is 2.72. The van der Waals surface area contributed by atoms with E-state index in [1.807, 2.05) is 6.07 Å². The molecule has 0 atom stereocenters. The molecule has 2 N–H and O–H groups in total. The Bertz CT molecular complexity index is 933. The number of rotatable bonds is 8. The van der Waals surface area contributed by atoms with Crippen LogP contribution in [0.3, 0.4) is 0 Å². The van der Waals surface area contributed by atoms with Gasteiger partial charge in [-0.15, -0.1) is 5.10 Å². The number of nitrogens with one attached hydrogen (secondary N) is 2. The monoisotopic (exact) mass is 408 g/mol. The van der Waals surface area contributed by atoms with Gasteiger partial charge in [-0.25, -0.2) is 13.1 Å². The van der Waals surface area contributed by atoms with Gasteiger partial charge in [0.25, 0.3) is 5.69 Å². The highest BCUT2D eigenvalue weighted by Crippen LogP contribution is 2.18. The van der Waals surface area contributed by atoms with Gasteiger partial charge in [-0.2, -0.15) is 5.10 Å². The van der Waals surface area contributed by atoms with Crippen LogP contribution in [0.5, 0.6) is 0 Å². The first-order chi connectivity index (χ1) is 13.5. The lowest BCUT2D eigenvalue weighted by Crippen LogP contribution is -2.36. The molecule has 0 amide bonds. The van der Waals surface area contributed by atoms with E-state index in [1.165, 1.54) is 18.2 Å². The van der Waals surface area contributed by atoms with Crippen molar-refractivity contribution in [3.05, 3.63) is 46.6 Å². The summed E-state index contributed by atoms with van der Waals surface area (Å²) in [5, 5.41) is 21.8. The molecule has 1 saturated heterocycles. The summed E-state index contributed by atoms with van der Waals surface area (Å²) >= 11 is 0. The van der Waals surface area contributed by atoms with E-state index in [0.717, 1.165) is 24.8 Å². The molecule has 28 heavy (non-hydrogen) atoms. The summed E-state index contributed by atoms with van der Waals surface area (Å²) in [7, 11) is -3.85. The van der Waals surface area contributed by atoms with Crippen molar-refractivity contribution in [3.8, 4) is 0 Å². The molecule has 11 nitrogen and oxygen atoms in total. The van der Waals surface area contributed by atoms with Crippen LogP contribution in [0.2, 0.25) is 0 Å². The molecule has 0 saturated carbocycles. The third-order valence-electron chi connectivity index (χ3n) is 4.08. The van der Waals surface area contributed by atoms with E-state index in [4.69, 9.17) is 4.74 Å². The fourth-order valence-electron chi connectivity index (χ4n) is 2.66. The van der Waals surface area contributed by atoms with Crippen LogP contribution in [-0.2, 0) is 14.8 Å². The predicted octanol–water partition coefficient (Wildman–Crippen LogP) is 0.612. The van der Waals surface area contributed by atoms with Gasteiger partial charge in [0.15, 0.2) is 5.82 Å². The molecule has 0 bridgehead atoms. The van der Waals surface area contributed by atoms with Crippen molar-refractivity contribution in [1.82, 2.24) is 14.9 Å². The number of hydrogen-bond donors (Lipinski definition) is 2. The second-order valence-corrected chi connectivity index (χ2v) is 7.74. The molecule has 150 valence electrons. The Labute approximate surface area is 161 Å². The minimum Gasteiger partial charge on any atom is -0.378 e. The van der Waals surface area contributed by atoms with Gasteiger partial charge in [0.1, 0.15) is 0 Å². The van der Waals surface area contributed by atoms with Crippen molar-refractivity contribution < 1.29 is 18.1 Å². The van der Waals surface area contributed by atoms with E-state index in [0.29, 0.717) is 19.0 Å². The number of nitro benzene ring substituents is 1. The summed E-state index contributed by atoms with van der Waals surface area (Å²) in [4.78, 5) is 12.1. The van der Waals surface area contributed by atoms with Crippen molar-refractivity contribution in [2.45, 2.75) is 4.90 Å². The number of aromatic nitrogens is 2. The minimum absolute atomic E-state index is 0.0779. The Balaban J connectivity index is 1.54. The van der Waals surface area contributed by atoms with E-state index in [1.54, 1.807) is 6.20 Å². The molecule has 3 rings (SSSR count). The molecule has 0 spiro atoms. The molecule has 0 radical (unpaired) electrons. The number of anilines is 2. The van der Waals surface area contributed by atoms with Crippen molar-refractivity contribution in [2.24, 2.45) is 0 Å². The molecular weight excluding hydrogens is 388 g/mol. The van der Waals surface area contributed by atoms with E-state index >= 15 is 0 Å². The summed E-state index contributed by atoms with van der Waals surface area (Å²) in [5.41, 5.74) is 0.633. The summed E-state index contributed by atoms with van der Waals surface area (Å²) in [6, 6.07) is 6.73. The molecular formula is C16H20N6O5S. The summed E-state index contributed by atoms with van der Waals surface area (Å²) in [5.74, 6) is 0.526. The van der Waals surface area contributed by atoms with Crippen LogP contribution in [0, 0.1) is 10.1 Å². The first-order valence-corrected chi connectivity index (χ1v) is 10.1. The summed E-state index contributed by atoms with van der Waals surface area (Å²) < 4.78 is 32.3. The molecule has 2 aromatic rings. The van der Waals surface area contributed by atoms with Crippen LogP contribution >= 0.6 is 0 Å². The largest absolute Gasteiger partial charge is 0.378 e. The smallest absolute Gasteiger partial charge is 0.270 e. The lowest BCUT2D eigenvalue weighted by Gasteiger charge is -2.28. The van der Waals surface area contributed by atoms with Crippen molar-refractivity contribution in [3.63, 3.8) is 0 Å². The fourth-order valence-corrected chi connectivity index (χ4v) is 3.73. The van der Waals surface area contributed by atoms with E-state index in [9.17, 15) is 18.5 Å². The quantitative estimate of drug-likeness (QED) is 0.365. The molecule has 1 aliphatic heterocycles. The molecule has 1 aromatic carbocycles. The van der Waals surface area contributed by atoms with E-state index < -0.39 is 14.9 Å². The van der Waals surface area contributed by atoms with E-state index in [-0.39, 0.29) is 23.7 Å². The van der Waals surface area contributed by atoms with Crippen LogP contribution in [0.4, 0.5) is 17.2 Å². The van der Waals surface area contributed by atoms with Crippen molar-refractivity contribution >= 4 is 27.2 Å². The SMILES string of the molecule is O=[N+]([O-])c1cccc(S(=O)(=O)NCCNc2cc(N3CCOCC3)cnn2)c1. The number of benzene rings is 1. The minimum atomic E-state index is -3.85. The zero-order valence-electron chi connectivity index (χ0n) is 14.9. The number of sulfonamides is 1. The number of non-ortho nitro benzene ring substituents is 1. The van der Waals surface area contributed by atoms with Crippen LogP contribution in [0.15, 0.2) is 41.4 Å². The van der Waals surface area contributed by atoms with Gasteiger partial charge >= 0.3 is 0 Å². The molecule has 1 aliphatic rings. The van der Waals surface area contributed by atoms with Gasteiger partial charge in [-0.1, -0.05) is 6.07 Å². The molecule has 12 heteroatoms. The number of nitro groups is 1. The fraction of sp³-hybridized carbons (Fsp3) is 0.375. The van der Waals surface area contributed by atoms with Gasteiger partial charge in [-0.3, -0.25) is 10.1 Å². The number of nitrogens with zero attached hydrogens (tertiary/aromatic N) is 4. The maximum Gasteiger partial charge on any atom is 0.270 e. The first kappa shape index (κ1) is 19.9. The van der Waals surface area contributed by atoms with Gasteiger partial charge < -0.3 is 15.0 Å². The maximum atomic E-state index is 12.3. The van der Waals surface area contributed by atoms with Crippen LogP contribution in [0.25, 0.3) is 0 Å². The van der Waals surface area contributed by atoms with Crippen LogP contribution in [-0.4, -0.2) is 62.9 Å². The summed E-state index contributed by atoms with van der Waals surface area (Å²) in [6.45, 7) is 3.21. The highest BCUT2D eigenvalue weighted by Gasteiger charge is 2.17. The molecule has 0 aliphatic carbocycles. The number of morpholine rings is 1. The van der Waals surface area contributed by atoms with Crippen molar-refractivity contribution in [1.29, 1.82) is 0 Å². The van der Waals surface area contributed by atoms with Crippen molar-refractivity contribution in [2.75, 3.05) is 49.6 Å². The van der Waals surface area contributed by atoms with Crippen LogP contribution in [0.1, 0.15) is 0 Å². The predicted molar refractivity (Wildman–Crippen MR) is 102 cm³/mol. The molecule has 2 heterocycles. The lowest BCUT2D eigenvalue weighted by atomic mass is 10.3. The van der Waals surface area contributed by atoms with Gasteiger partial charge in [0.2, 0.25) is 10.0 Å². The highest BCUT2D eigenvalue weighted by molar-refractivity contribution is 7.89. The Hall–Kier alpha value is -2.83. The van der Waals surface area contributed by atoms with E-state index in [2.05, 4.69) is 25.1 Å². The van der Waals surface area contributed by atoms with Gasteiger partial charge in [-0.05, 0) is 6.07 Å². The Kier molecular flexibility index (Phi) is 6.34. The first-order valence-electron chi connectivity index (χ1n) is 8.59. The highest BCUT2D eigenvalue weighted by atomic mass is 32.2. The van der Waals surface area contributed by atoms with Gasteiger partial charge in [0, 0.05) is 44.4 Å². The zero-order chi connectivity index (χ0) is 20.0. The topological polar surface area (TPSA) is 140 Å². The molecule has 1 aromatic heterocycles. The number of hydrogen-bond acceptors (Lipinski definition) is 9. The molecule has 1 fully saturated rings. The summed E-state index contributed by atoms with van der Waals surface area (Å²) in [6.07, 6.45) is 1.67. The Morgan fingerprint density at radius 2 is 2.00 bits per heavy atom. The standard InChI is InChI=1S/C16H20N6O5S/c23-22(24)13-2-1-3-15(10-13)28(25,26)19-5-4-17-16-11-14(12-18-20-16)21-6-8-27-9-7-21/h1-3,10-12,19H,4-9H2,(H,17,20). The maximum absolute atomic E-state index is 12.3. The third-order valence-corrected chi connectivity index (χ3v) is 5.54. The second-order valence-electron chi connectivity index (χ2n) is 5.98. The Morgan fingerprint density at radius 3 is 2.75 bits per heavy atom. The van der Waals surface area contributed by atoms with Gasteiger partial charge in [0.05, 0.1) is 34.9 Å². The second kappa shape index (κ2) is 8.91.